The number of ketones is 1. The lowest BCUT2D eigenvalue weighted by Gasteiger charge is -2.22. The molecule has 0 spiro atoms. The molecule has 2 N–H and O–H groups in total. The van der Waals surface area contributed by atoms with Crippen molar-refractivity contribution in [2.45, 2.75) is 26.5 Å². The van der Waals surface area contributed by atoms with Gasteiger partial charge in [0.25, 0.3) is 5.78 Å². The van der Waals surface area contributed by atoms with E-state index in [-0.39, 0.29) is 22.2 Å². The maximum atomic E-state index is 13.2. The molecule has 1 amide bonds. The Labute approximate surface area is 217 Å². The molecule has 1 unspecified atom stereocenters. The molecule has 37 heavy (non-hydrogen) atoms. The van der Waals surface area contributed by atoms with Crippen molar-refractivity contribution in [3.63, 3.8) is 0 Å². The number of Topliss-reactive ketones (excluding diaryl/α,β-unsaturated/α-hetero) is 1. The monoisotopic (exact) mass is 513 g/mol. The number of hydrogen-bond donors (Lipinski definition) is 2. The first-order chi connectivity index (χ1) is 17.8. The third-order valence-electron chi connectivity index (χ3n) is 5.97. The Bertz CT molecular complexity index is 1530. The van der Waals surface area contributed by atoms with Crippen molar-refractivity contribution in [2.24, 2.45) is 0 Å². The maximum Gasteiger partial charge on any atom is 0.301 e. The lowest BCUT2D eigenvalue weighted by atomic mass is 9.95. The van der Waals surface area contributed by atoms with Crippen LogP contribution in [0.15, 0.2) is 78.4 Å². The number of benzene rings is 3. The van der Waals surface area contributed by atoms with Gasteiger partial charge >= 0.3 is 5.91 Å². The molecular weight excluding hydrogens is 490 g/mol. The molecule has 0 saturated carbocycles. The van der Waals surface area contributed by atoms with Gasteiger partial charge < -0.3 is 14.9 Å². The minimum Gasteiger partial charge on any atom is -0.508 e. The molecule has 186 valence electrons. The molecule has 1 aliphatic heterocycles. The van der Waals surface area contributed by atoms with Crippen molar-refractivity contribution in [3.05, 3.63) is 106 Å². The minimum absolute atomic E-state index is 0.0355. The lowest BCUT2D eigenvalue weighted by molar-refractivity contribution is -0.132. The average molecular weight is 514 g/mol. The normalized spacial score (nSPS) is 16.8. The van der Waals surface area contributed by atoms with Crippen LogP contribution in [0.3, 0.4) is 0 Å². The summed E-state index contributed by atoms with van der Waals surface area (Å²) in [6, 6.07) is 19.9. The molecular formula is C28H23N3O5S. The Morgan fingerprint density at radius 2 is 1.76 bits per heavy atom. The van der Waals surface area contributed by atoms with E-state index in [2.05, 4.69) is 10.2 Å². The maximum absolute atomic E-state index is 13.2. The van der Waals surface area contributed by atoms with Gasteiger partial charge in [-0.05, 0) is 61.4 Å². The van der Waals surface area contributed by atoms with Crippen LogP contribution < -0.4 is 9.64 Å². The summed E-state index contributed by atoms with van der Waals surface area (Å²) in [6.45, 7) is 4.14. The number of nitrogens with zero attached hydrogens (tertiary/aromatic N) is 3. The molecule has 1 fully saturated rings. The van der Waals surface area contributed by atoms with Crippen molar-refractivity contribution < 1.29 is 24.5 Å². The van der Waals surface area contributed by atoms with Gasteiger partial charge in [-0.1, -0.05) is 53.3 Å². The van der Waals surface area contributed by atoms with Crippen LogP contribution in [0.25, 0.3) is 5.76 Å². The van der Waals surface area contributed by atoms with Crippen LogP contribution in [0, 0.1) is 13.8 Å². The van der Waals surface area contributed by atoms with E-state index >= 15 is 0 Å². The fraction of sp³-hybridized carbons (Fsp3) is 0.143. The van der Waals surface area contributed by atoms with Crippen molar-refractivity contribution >= 4 is 33.9 Å². The molecule has 1 atom stereocenters. The van der Waals surface area contributed by atoms with Gasteiger partial charge in [0.2, 0.25) is 5.13 Å². The second-order valence-electron chi connectivity index (χ2n) is 8.67. The number of phenolic OH excluding ortho intramolecular Hbond substituents is 1. The average Bonchev–Trinajstić information content (AvgIpc) is 3.43. The van der Waals surface area contributed by atoms with Crippen LogP contribution in [0.5, 0.6) is 11.5 Å². The predicted molar refractivity (Wildman–Crippen MR) is 139 cm³/mol. The van der Waals surface area contributed by atoms with E-state index in [4.69, 9.17) is 4.74 Å². The van der Waals surface area contributed by atoms with Gasteiger partial charge in [-0.15, -0.1) is 10.2 Å². The number of rotatable bonds is 6. The topological polar surface area (TPSA) is 113 Å². The number of ether oxygens (including phenoxy) is 1. The molecule has 1 aromatic heterocycles. The van der Waals surface area contributed by atoms with Gasteiger partial charge in [-0.25, -0.2) is 0 Å². The zero-order valence-corrected chi connectivity index (χ0v) is 20.9. The van der Waals surface area contributed by atoms with E-state index in [1.165, 1.54) is 17.0 Å². The van der Waals surface area contributed by atoms with E-state index in [1.807, 2.05) is 31.2 Å². The summed E-state index contributed by atoms with van der Waals surface area (Å²) in [5.74, 6) is -1.46. The second kappa shape index (κ2) is 9.87. The van der Waals surface area contributed by atoms with E-state index in [9.17, 15) is 19.8 Å². The molecule has 0 radical (unpaired) electrons. The first-order valence-corrected chi connectivity index (χ1v) is 12.3. The number of aliphatic hydroxyl groups excluding tert-OH is 1. The Hall–Kier alpha value is -4.50. The van der Waals surface area contributed by atoms with Gasteiger partial charge in [0, 0.05) is 5.56 Å². The number of hydrogen-bond acceptors (Lipinski definition) is 8. The summed E-state index contributed by atoms with van der Waals surface area (Å²) >= 11 is 1.16. The van der Waals surface area contributed by atoms with E-state index in [0.29, 0.717) is 28.5 Å². The van der Waals surface area contributed by atoms with Crippen LogP contribution in [-0.2, 0) is 16.2 Å². The number of aryl methyl sites for hydroxylation is 2. The number of phenols is 1. The van der Waals surface area contributed by atoms with E-state index in [1.54, 1.807) is 43.3 Å². The fourth-order valence-corrected chi connectivity index (χ4v) is 4.97. The first-order valence-electron chi connectivity index (χ1n) is 11.5. The third kappa shape index (κ3) is 4.81. The highest BCUT2D eigenvalue weighted by Gasteiger charge is 2.48. The number of aliphatic hydroxyl groups is 1. The molecule has 1 saturated heterocycles. The Balaban J connectivity index is 1.50. The summed E-state index contributed by atoms with van der Waals surface area (Å²) in [5.41, 5.74) is 2.87. The highest BCUT2D eigenvalue weighted by molar-refractivity contribution is 7.15. The van der Waals surface area contributed by atoms with Crippen molar-refractivity contribution in [3.8, 4) is 11.5 Å². The number of carbonyl (C=O) groups excluding carboxylic acids is 2. The van der Waals surface area contributed by atoms with Crippen LogP contribution in [-0.4, -0.2) is 32.1 Å². The SMILES string of the molecule is Cc1cccc(COc2ccc(C(O)=C3C(=O)C(=O)N(c4nnc(C)s4)C3c3cccc(O)c3)cc2)c1. The number of aromatic nitrogens is 2. The second-order valence-corrected chi connectivity index (χ2v) is 9.83. The molecule has 1 aliphatic rings. The van der Waals surface area contributed by atoms with Gasteiger partial charge in [-0.2, -0.15) is 0 Å². The fourth-order valence-electron chi connectivity index (χ4n) is 4.26. The standard InChI is InChI=1S/C28H23N3O5S/c1-16-5-3-6-18(13-16)15-36-22-11-9-19(10-12-22)25(33)23-24(20-7-4-8-21(32)14-20)31(27(35)26(23)34)28-30-29-17(2)37-28/h3-14,24,32-33H,15H2,1-2H3. The van der Waals surface area contributed by atoms with Crippen LogP contribution in [0.1, 0.15) is 33.3 Å². The van der Waals surface area contributed by atoms with E-state index in [0.717, 1.165) is 22.5 Å². The van der Waals surface area contributed by atoms with Crippen molar-refractivity contribution in [1.82, 2.24) is 10.2 Å². The summed E-state index contributed by atoms with van der Waals surface area (Å²) in [7, 11) is 0. The Morgan fingerprint density at radius 3 is 2.43 bits per heavy atom. The van der Waals surface area contributed by atoms with Gasteiger partial charge in [0.1, 0.15) is 28.9 Å². The smallest absolute Gasteiger partial charge is 0.301 e. The Morgan fingerprint density at radius 1 is 1.00 bits per heavy atom. The highest BCUT2D eigenvalue weighted by atomic mass is 32.1. The first kappa shape index (κ1) is 24.2. The highest BCUT2D eigenvalue weighted by Crippen LogP contribution is 2.43. The summed E-state index contributed by atoms with van der Waals surface area (Å²) in [6.07, 6.45) is 0. The molecule has 4 aromatic rings. The number of carbonyl (C=O) groups is 2. The number of anilines is 1. The van der Waals surface area contributed by atoms with Gasteiger partial charge in [0.05, 0.1) is 11.6 Å². The largest absolute Gasteiger partial charge is 0.508 e. The molecule has 5 rings (SSSR count). The molecule has 9 heteroatoms. The Kier molecular flexibility index (Phi) is 6.45. The number of amides is 1. The summed E-state index contributed by atoms with van der Waals surface area (Å²) in [4.78, 5) is 27.5. The van der Waals surface area contributed by atoms with Crippen LogP contribution in [0.2, 0.25) is 0 Å². The summed E-state index contributed by atoms with van der Waals surface area (Å²) < 4.78 is 5.86. The quantitative estimate of drug-likeness (QED) is 0.210. The molecule has 3 aromatic carbocycles. The zero-order chi connectivity index (χ0) is 26.1. The van der Waals surface area contributed by atoms with Gasteiger partial charge in [-0.3, -0.25) is 14.5 Å². The number of aromatic hydroxyl groups is 1. The lowest BCUT2D eigenvalue weighted by Crippen LogP contribution is -2.29. The van der Waals surface area contributed by atoms with Crippen LogP contribution in [0.4, 0.5) is 5.13 Å². The third-order valence-corrected chi connectivity index (χ3v) is 6.81. The summed E-state index contributed by atoms with van der Waals surface area (Å²) in [5, 5.41) is 30.2. The molecule has 0 aliphatic carbocycles. The van der Waals surface area contributed by atoms with E-state index < -0.39 is 17.7 Å². The molecule has 8 nitrogen and oxygen atoms in total. The minimum atomic E-state index is -0.989. The van der Waals surface area contributed by atoms with Crippen molar-refractivity contribution in [2.75, 3.05) is 4.90 Å². The molecule has 0 bridgehead atoms. The zero-order valence-electron chi connectivity index (χ0n) is 20.1. The van der Waals surface area contributed by atoms with Crippen molar-refractivity contribution in [1.29, 1.82) is 0 Å². The van der Waals surface area contributed by atoms with Gasteiger partial charge in [0.15, 0.2) is 0 Å². The predicted octanol–water partition coefficient (Wildman–Crippen LogP) is 5.07. The molecule has 2 heterocycles. The van der Waals surface area contributed by atoms with Crippen LogP contribution >= 0.6 is 11.3 Å².